The first-order valence-electron chi connectivity index (χ1n) is 4.48. The van der Waals surface area contributed by atoms with Gasteiger partial charge in [0.15, 0.2) is 0 Å². The van der Waals surface area contributed by atoms with Crippen molar-refractivity contribution in [3.8, 4) is 0 Å². The molecule has 2 amide bonds. The molecule has 6 nitrogen and oxygen atoms in total. The standard InChI is InChI=1S/C8H17N3O3S/c1-5(15(2)14)4-11-8(13)6(9)3-7(10)12/h5-6H,3-4,9H2,1-2H3,(H2,10,12)(H,11,13). The summed E-state index contributed by atoms with van der Waals surface area (Å²) in [6.45, 7) is 2.02. The molecule has 3 unspecified atom stereocenters. The largest absolute Gasteiger partial charge is 0.370 e. The molecule has 88 valence electrons. The van der Waals surface area contributed by atoms with Gasteiger partial charge in [0.2, 0.25) is 11.8 Å². The molecule has 15 heavy (non-hydrogen) atoms. The third-order valence-corrected chi connectivity index (χ3v) is 3.19. The van der Waals surface area contributed by atoms with Crippen molar-refractivity contribution in [2.24, 2.45) is 11.5 Å². The van der Waals surface area contributed by atoms with Crippen molar-refractivity contribution in [1.82, 2.24) is 5.32 Å². The van der Waals surface area contributed by atoms with Crippen molar-refractivity contribution >= 4 is 22.6 Å². The number of amides is 2. The number of rotatable bonds is 6. The summed E-state index contributed by atoms with van der Waals surface area (Å²) in [5.74, 6) is -1.07. The van der Waals surface area contributed by atoms with Gasteiger partial charge in [0.05, 0.1) is 12.5 Å². The van der Waals surface area contributed by atoms with Gasteiger partial charge < -0.3 is 16.8 Å². The molecule has 0 bridgehead atoms. The van der Waals surface area contributed by atoms with Crippen LogP contribution in [0.4, 0.5) is 0 Å². The molecule has 0 aromatic heterocycles. The highest BCUT2D eigenvalue weighted by Crippen LogP contribution is 1.91. The summed E-state index contributed by atoms with van der Waals surface area (Å²) in [5.41, 5.74) is 10.3. The highest BCUT2D eigenvalue weighted by molar-refractivity contribution is 7.84. The minimum atomic E-state index is -0.998. The van der Waals surface area contributed by atoms with E-state index in [1.807, 2.05) is 0 Å². The summed E-state index contributed by atoms with van der Waals surface area (Å²) in [5, 5.41) is 2.36. The van der Waals surface area contributed by atoms with Crippen LogP contribution in [-0.4, -0.2) is 40.1 Å². The molecule has 5 N–H and O–H groups in total. The highest BCUT2D eigenvalue weighted by atomic mass is 32.2. The van der Waals surface area contributed by atoms with Crippen LogP contribution in [0.2, 0.25) is 0 Å². The van der Waals surface area contributed by atoms with Crippen LogP contribution < -0.4 is 16.8 Å². The maximum absolute atomic E-state index is 11.3. The quantitative estimate of drug-likeness (QED) is 0.497. The average molecular weight is 235 g/mol. The molecule has 0 aromatic carbocycles. The van der Waals surface area contributed by atoms with Crippen molar-refractivity contribution in [2.45, 2.75) is 24.6 Å². The fraction of sp³-hybridized carbons (Fsp3) is 0.750. The lowest BCUT2D eigenvalue weighted by atomic mass is 10.2. The van der Waals surface area contributed by atoms with Gasteiger partial charge in [-0.2, -0.15) is 0 Å². The molecule has 0 spiro atoms. The number of hydrogen-bond acceptors (Lipinski definition) is 4. The summed E-state index contributed by atoms with van der Waals surface area (Å²) in [4.78, 5) is 21.7. The fourth-order valence-electron chi connectivity index (χ4n) is 0.802. The monoisotopic (exact) mass is 235 g/mol. The third-order valence-electron chi connectivity index (χ3n) is 1.89. The topological polar surface area (TPSA) is 115 Å². The molecule has 3 atom stereocenters. The second-order valence-electron chi connectivity index (χ2n) is 3.33. The molecule has 0 saturated heterocycles. The number of carbonyl (C=O) groups is 2. The van der Waals surface area contributed by atoms with Gasteiger partial charge in [0.1, 0.15) is 0 Å². The number of nitrogens with two attached hydrogens (primary N) is 2. The van der Waals surface area contributed by atoms with Crippen molar-refractivity contribution in [2.75, 3.05) is 12.8 Å². The zero-order valence-corrected chi connectivity index (χ0v) is 9.67. The Kier molecular flexibility index (Phi) is 6.11. The molecule has 0 saturated carbocycles. The van der Waals surface area contributed by atoms with E-state index in [1.165, 1.54) is 0 Å². The Morgan fingerprint density at radius 2 is 2.00 bits per heavy atom. The predicted octanol–water partition coefficient (Wildman–Crippen LogP) is -1.93. The van der Waals surface area contributed by atoms with Crippen LogP contribution in [-0.2, 0) is 20.4 Å². The van der Waals surface area contributed by atoms with Gasteiger partial charge in [0, 0.05) is 28.9 Å². The molecule has 0 aliphatic rings. The zero-order valence-electron chi connectivity index (χ0n) is 8.86. The van der Waals surface area contributed by atoms with Crippen molar-refractivity contribution in [3.05, 3.63) is 0 Å². The summed E-state index contributed by atoms with van der Waals surface area (Å²) >= 11 is 0. The van der Waals surface area contributed by atoms with E-state index in [4.69, 9.17) is 11.5 Å². The highest BCUT2D eigenvalue weighted by Gasteiger charge is 2.16. The Morgan fingerprint density at radius 1 is 1.47 bits per heavy atom. The predicted molar refractivity (Wildman–Crippen MR) is 58.3 cm³/mol. The van der Waals surface area contributed by atoms with Crippen molar-refractivity contribution in [1.29, 1.82) is 0 Å². The molecule has 0 radical (unpaired) electrons. The SMILES string of the molecule is CC(CNC(=O)C(N)CC(N)=O)S(C)=O. The van der Waals surface area contributed by atoms with Gasteiger partial charge in [-0.1, -0.05) is 0 Å². The Labute approximate surface area is 91.2 Å². The smallest absolute Gasteiger partial charge is 0.237 e. The van der Waals surface area contributed by atoms with Crippen molar-refractivity contribution in [3.63, 3.8) is 0 Å². The number of primary amides is 1. The van der Waals surface area contributed by atoms with Crippen molar-refractivity contribution < 1.29 is 13.8 Å². The minimum Gasteiger partial charge on any atom is -0.370 e. The van der Waals surface area contributed by atoms with E-state index < -0.39 is 28.7 Å². The zero-order chi connectivity index (χ0) is 12.0. The van der Waals surface area contributed by atoms with E-state index in [0.29, 0.717) is 0 Å². The molecule has 0 aliphatic heterocycles. The molecule has 0 aromatic rings. The maximum atomic E-state index is 11.3. The average Bonchev–Trinajstić information content (AvgIpc) is 2.12. The lowest BCUT2D eigenvalue weighted by Gasteiger charge is -2.13. The second-order valence-corrected chi connectivity index (χ2v) is 5.13. The van der Waals surface area contributed by atoms with Crippen LogP contribution in [0.5, 0.6) is 0 Å². The number of carbonyl (C=O) groups excluding carboxylic acids is 2. The summed E-state index contributed by atoms with van der Waals surface area (Å²) < 4.78 is 11.0. The van der Waals surface area contributed by atoms with Crippen LogP contribution in [0, 0.1) is 0 Å². The third kappa shape index (κ3) is 6.19. The Hall–Kier alpha value is -0.950. The summed E-state index contributed by atoms with van der Waals surface area (Å²) in [6, 6.07) is -0.931. The lowest BCUT2D eigenvalue weighted by Crippen LogP contribution is -2.45. The van der Waals surface area contributed by atoms with Gasteiger partial charge in [-0.3, -0.25) is 13.8 Å². The lowest BCUT2D eigenvalue weighted by molar-refractivity contribution is -0.126. The van der Waals surface area contributed by atoms with Gasteiger partial charge in [-0.15, -0.1) is 0 Å². The Balaban J connectivity index is 3.93. The molecular formula is C8H17N3O3S. The maximum Gasteiger partial charge on any atom is 0.237 e. The first-order chi connectivity index (χ1) is 6.84. The molecule has 0 aliphatic carbocycles. The number of hydrogen-bond donors (Lipinski definition) is 3. The molecular weight excluding hydrogens is 218 g/mol. The van der Waals surface area contributed by atoms with Crippen LogP contribution in [0.25, 0.3) is 0 Å². The van der Waals surface area contributed by atoms with Gasteiger partial charge >= 0.3 is 0 Å². The van der Waals surface area contributed by atoms with E-state index in [-0.39, 0.29) is 18.2 Å². The first-order valence-corrected chi connectivity index (χ1v) is 6.10. The molecule has 7 heteroatoms. The van der Waals surface area contributed by atoms with Crippen LogP contribution in [0.3, 0.4) is 0 Å². The first kappa shape index (κ1) is 14.1. The minimum absolute atomic E-state index is 0.144. The van der Waals surface area contributed by atoms with Crippen LogP contribution in [0.1, 0.15) is 13.3 Å². The van der Waals surface area contributed by atoms with E-state index in [1.54, 1.807) is 13.2 Å². The molecule has 0 heterocycles. The summed E-state index contributed by atoms with van der Waals surface area (Å²) in [7, 11) is -0.998. The van der Waals surface area contributed by atoms with E-state index in [2.05, 4.69) is 5.32 Å². The van der Waals surface area contributed by atoms with Gasteiger partial charge in [0.25, 0.3) is 0 Å². The second kappa shape index (κ2) is 6.52. The van der Waals surface area contributed by atoms with Crippen LogP contribution >= 0.6 is 0 Å². The summed E-state index contributed by atoms with van der Waals surface area (Å²) in [6.07, 6.45) is 1.37. The van der Waals surface area contributed by atoms with E-state index in [0.717, 1.165) is 0 Å². The normalized spacial score (nSPS) is 16.5. The fourth-order valence-corrected chi connectivity index (χ4v) is 1.12. The Morgan fingerprint density at radius 3 is 2.40 bits per heavy atom. The molecule has 0 rings (SSSR count). The van der Waals surface area contributed by atoms with E-state index >= 15 is 0 Å². The van der Waals surface area contributed by atoms with Gasteiger partial charge in [-0.05, 0) is 6.92 Å². The van der Waals surface area contributed by atoms with Crippen LogP contribution in [0.15, 0.2) is 0 Å². The van der Waals surface area contributed by atoms with E-state index in [9.17, 15) is 13.8 Å². The molecule has 0 fully saturated rings. The Bertz CT molecular complexity index is 270. The van der Waals surface area contributed by atoms with Gasteiger partial charge in [-0.25, -0.2) is 0 Å². The number of nitrogens with one attached hydrogen (secondary N) is 1.